The van der Waals surface area contributed by atoms with Crippen LogP contribution in [0.5, 0.6) is 0 Å². The fourth-order valence-corrected chi connectivity index (χ4v) is 1.71. The third kappa shape index (κ3) is 6.82. The van der Waals surface area contributed by atoms with Crippen LogP contribution in [0.2, 0.25) is 0 Å². The minimum atomic E-state index is 0.0418. The smallest absolute Gasteiger partial charge is 0.221 e. The van der Waals surface area contributed by atoms with Gasteiger partial charge in [-0.1, -0.05) is 15.9 Å². The molecule has 2 N–H and O–H groups in total. The number of carbonyl (C=O) groups is 2. The quantitative estimate of drug-likeness (QED) is 0.524. The Hall–Kier alpha value is -0.580. The van der Waals surface area contributed by atoms with Crippen molar-refractivity contribution in [1.82, 2.24) is 10.6 Å². The van der Waals surface area contributed by atoms with E-state index in [0.29, 0.717) is 25.4 Å². The molecule has 1 saturated carbocycles. The molecule has 0 heterocycles. The highest BCUT2D eigenvalue weighted by atomic mass is 79.9. The van der Waals surface area contributed by atoms with E-state index in [1.807, 2.05) is 0 Å². The summed E-state index contributed by atoms with van der Waals surface area (Å²) in [7, 11) is 0. The van der Waals surface area contributed by atoms with Gasteiger partial charge in [0.1, 0.15) is 0 Å². The molecule has 0 bridgehead atoms. The molecule has 92 valence electrons. The second kappa shape index (κ2) is 7.65. The minimum absolute atomic E-state index is 0.0418. The molecule has 0 aromatic carbocycles. The normalized spacial score (nSPS) is 14.6. The zero-order valence-electron chi connectivity index (χ0n) is 9.43. The second-order valence-corrected chi connectivity index (χ2v) is 4.88. The van der Waals surface area contributed by atoms with E-state index in [1.54, 1.807) is 0 Å². The molecule has 0 saturated heterocycles. The number of amides is 2. The van der Waals surface area contributed by atoms with Crippen LogP contribution in [0.1, 0.15) is 38.5 Å². The van der Waals surface area contributed by atoms with E-state index in [4.69, 9.17) is 0 Å². The van der Waals surface area contributed by atoms with Crippen LogP contribution in [0.15, 0.2) is 0 Å². The zero-order valence-corrected chi connectivity index (χ0v) is 11.0. The lowest BCUT2D eigenvalue weighted by molar-refractivity contribution is -0.122. The number of halogens is 1. The van der Waals surface area contributed by atoms with Crippen molar-refractivity contribution < 1.29 is 9.59 Å². The summed E-state index contributed by atoms with van der Waals surface area (Å²) in [6.07, 6.45) is 5.05. The van der Waals surface area contributed by atoms with Gasteiger partial charge >= 0.3 is 0 Å². The number of hydrogen-bond acceptors (Lipinski definition) is 2. The summed E-state index contributed by atoms with van der Waals surface area (Å²) in [5.74, 6) is 0.0865. The Morgan fingerprint density at radius 2 is 1.88 bits per heavy atom. The summed E-state index contributed by atoms with van der Waals surface area (Å²) in [6, 6.07) is 0.405. The molecular weight excluding hydrogens is 272 g/mol. The Morgan fingerprint density at radius 1 is 1.12 bits per heavy atom. The highest BCUT2D eigenvalue weighted by Crippen LogP contribution is 2.18. The van der Waals surface area contributed by atoms with E-state index in [-0.39, 0.29) is 11.8 Å². The topological polar surface area (TPSA) is 58.2 Å². The third-order valence-electron chi connectivity index (χ3n) is 2.40. The Kier molecular flexibility index (Phi) is 6.45. The standard InChI is InChI=1S/C11H19BrN2O2/c12-7-2-1-3-10(15)13-8-6-11(16)14-9-4-5-9/h9H,1-8H2,(H,13,15)(H,14,16). The number of alkyl halides is 1. The van der Waals surface area contributed by atoms with Crippen molar-refractivity contribution in [1.29, 1.82) is 0 Å². The summed E-state index contributed by atoms with van der Waals surface area (Å²) in [6.45, 7) is 0.450. The van der Waals surface area contributed by atoms with Gasteiger partial charge < -0.3 is 10.6 Å². The number of unbranched alkanes of at least 4 members (excludes halogenated alkanes) is 1. The molecule has 0 aliphatic heterocycles. The van der Waals surface area contributed by atoms with Gasteiger partial charge in [-0.3, -0.25) is 9.59 Å². The number of rotatable bonds is 8. The first-order valence-corrected chi connectivity index (χ1v) is 6.96. The number of hydrogen-bond donors (Lipinski definition) is 2. The van der Waals surface area contributed by atoms with Gasteiger partial charge in [-0.25, -0.2) is 0 Å². The predicted molar refractivity (Wildman–Crippen MR) is 66.4 cm³/mol. The molecule has 1 aliphatic carbocycles. The van der Waals surface area contributed by atoms with Gasteiger partial charge in [0, 0.05) is 30.8 Å². The van der Waals surface area contributed by atoms with Crippen molar-refractivity contribution in [2.75, 3.05) is 11.9 Å². The van der Waals surface area contributed by atoms with Crippen molar-refractivity contribution in [2.24, 2.45) is 0 Å². The highest BCUT2D eigenvalue weighted by molar-refractivity contribution is 9.09. The first-order valence-electron chi connectivity index (χ1n) is 5.84. The lowest BCUT2D eigenvalue weighted by Crippen LogP contribution is -2.31. The lowest BCUT2D eigenvalue weighted by atomic mass is 10.2. The molecule has 0 aromatic heterocycles. The van der Waals surface area contributed by atoms with E-state index < -0.39 is 0 Å². The highest BCUT2D eigenvalue weighted by Gasteiger charge is 2.22. The SMILES string of the molecule is O=C(CCCCBr)NCCC(=O)NC1CC1. The minimum Gasteiger partial charge on any atom is -0.356 e. The van der Waals surface area contributed by atoms with E-state index in [1.165, 1.54) is 0 Å². The molecule has 2 amide bonds. The molecule has 16 heavy (non-hydrogen) atoms. The molecule has 0 radical (unpaired) electrons. The van der Waals surface area contributed by atoms with E-state index >= 15 is 0 Å². The van der Waals surface area contributed by atoms with Crippen molar-refractivity contribution in [2.45, 2.75) is 44.6 Å². The van der Waals surface area contributed by atoms with Gasteiger partial charge in [-0.15, -0.1) is 0 Å². The van der Waals surface area contributed by atoms with E-state index in [0.717, 1.165) is 31.0 Å². The Labute approximate surface area is 105 Å². The van der Waals surface area contributed by atoms with Crippen LogP contribution < -0.4 is 10.6 Å². The predicted octanol–water partition coefficient (Wildman–Crippen LogP) is 1.34. The van der Waals surface area contributed by atoms with Crippen LogP contribution in [0.4, 0.5) is 0 Å². The van der Waals surface area contributed by atoms with Crippen LogP contribution in [0, 0.1) is 0 Å². The van der Waals surface area contributed by atoms with Crippen LogP contribution >= 0.6 is 15.9 Å². The summed E-state index contributed by atoms with van der Waals surface area (Å²) < 4.78 is 0. The third-order valence-corrected chi connectivity index (χ3v) is 2.96. The molecule has 4 nitrogen and oxygen atoms in total. The Morgan fingerprint density at radius 3 is 2.50 bits per heavy atom. The molecule has 1 fully saturated rings. The first-order chi connectivity index (χ1) is 7.72. The zero-order chi connectivity index (χ0) is 11.8. The van der Waals surface area contributed by atoms with E-state index in [9.17, 15) is 9.59 Å². The molecule has 0 spiro atoms. The van der Waals surface area contributed by atoms with Crippen molar-refractivity contribution in [3.05, 3.63) is 0 Å². The summed E-state index contributed by atoms with van der Waals surface area (Å²) in [4.78, 5) is 22.5. The average molecular weight is 291 g/mol. The molecule has 5 heteroatoms. The lowest BCUT2D eigenvalue weighted by Gasteiger charge is -2.05. The Balaban J connectivity index is 1.92. The molecule has 0 aromatic rings. The fourth-order valence-electron chi connectivity index (χ4n) is 1.31. The van der Waals surface area contributed by atoms with Gasteiger partial charge in [0.05, 0.1) is 0 Å². The summed E-state index contributed by atoms with van der Waals surface area (Å²) in [5.41, 5.74) is 0. The number of nitrogens with one attached hydrogen (secondary N) is 2. The molecule has 1 aliphatic rings. The summed E-state index contributed by atoms with van der Waals surface area (Å²) >= 11 is 3.32. The van der Waals surface area contributed by atoms with Crippen molar-refractivity contribution in [3.8, 4) is 0 Å². The van der Waals surface area contributed by atoms with Crippen molar-refractivity contribution >= 4 is 27.7 Å². The van der Waals surface area contributed by atoms with Crippen LogP contribution in [0.25, 0.3) is 0 Å². The molecular formula is C11H19BrN2O2. The van der Waals surface area contributed by atoms with Gasteiger partial charge in [-0.2, -0.15) is 0 Å². The monoisotopic (exact) mass is 290 g/mol. The first kappa shape index (κ1) is 13.5. The van der Waals surface area contributed by atoms with Gasteiger partial charge in [-0.05, 0) is 25.7 Å². The summed E-state index contributed by atoms with van der Waals surface area (Å²) in [5, 5.41) is 6.57. The van der Waals surface area contributed by atoms with Gasteiger partial charge in [0.15, 0.2) is 0 Å². The molecule has 1 rings (SSSR count). The molecule has 0 unspecified atom stereocenters. The van der Waals surface area contributed by atoms with Crippen LogP contribution in [-0.2, 0) is 9.59 Å². The fraction of sp³-hybridized carbons (Fsp3) is 0.818. The number of carbonyl (C=O) groups excluding carboxylic acids is 2. The maximum atomic E-state index is 11.3. The van der Waals surface area contributed by atoms with Crippen molar-refractivity contribution in [3.63, 3.8) is 0 Å². The largest absolute Gasteiger partial charge is 0.356 e. The van der Waals surface area contributed by atoms with Gasteiger partial charge in [0.25, 0.3) is 0 Å². The maximum absolute atomic E-state index is 11.3. The average Bonchev–Trinajstić information content (AvgIpc) is 3.02. The molecule has 0 atom stereocenters. The van der Waals surface area contributed by atoms with E-state index in [2.05, 4.69) is 26.6 Å². The van der Waals surface area contributed by atoms with Crippen LogP contribution in [-0.4, -0.2) is 29.7 Å². The maximum Gasteiger partial charge on any atom is 0.221 e. The van der Waals surface area contributed by atoms with Gasteiger partial charge in [0.2, 0.25) is 11.8 Å². The Bertz CT molecular complexity index is 242. The van der Waals surface area contributed by atoms with Crippen LogP contribution in [0.3, 0.4) is 0 Å². The second-order valence-electron chi connectivity index (χ2n) is 4.09.